The fraction of sp³-hybridized carbons (Fsp3) is 0.500. The maximum absolute atomic E-state index is 13.7. The molecule has 2 fully saturated rings. The van der Waals surface area contributed by atoms with E-state index in [1.807, 2.05) is 47.4 Å². The van der Waals surface area contributed by atoms with Crippen LogP contribution in [0.2, 0.25) is 0 Å². The standard InChI is InChI=1S/C30H36N2O4/c1-19(2)18-32(25(34)12-9-20-7-5-4-6-8-20)22-13-14-30(35)24-17-21-10-11-23(33)27-26(21)29(30,28(22)36-27)15-16-31(24)3/h4-12,19,22,24,28,33,35H,13-18H2,1-3H3/t22-,24-,28+,29+,30-/m1/s1. The van der Waals surface area contributed by atoms with Crippen LogP contribution in [0.15, 0.2) is 48.5 Å². The third-order valence-corrected chi connectivity index (χ3v) is 9.16. The molecule has 4 aliphatic rings. The van der Waals surface area contributed by atoms with Crippen LogP contribution in [0, 0.1) is 5.92 Å². The fourth-order valence-electron chi connectivity index (χ4n) is 7.66. The Morgan fingerprint density at radius 3 is 2.75 bits per heavy atom. The number of likely N-dealkylation sites (N-methyl/N-ethyl adjacent to an activating group) is 1. The number of rotatable bonds is 5. The van der Waals surface area contributed by atoms with Gasteiger partial charge in [-0.2, -0.15) is 0 Å². The molecule has 6 heteroatoms. The largest absolute Gasteiger partial charge is 0.504 e. The van der Waals surface area contributed by atoms with Crippen LogP contribution in [0.4, 0.5) is 0 Å². The van der Waals surface area contributed by atoms with Crippen LogP contribution in [0.25, 0.3) is 6.08 Å². The zero-order valence-corrected chi connectivity index (χ0v) is 21.4. The van der Waals surface area contributed by atoms with Gasteiger partial charge in [0.25, 0.3) is 0 Å². The Hall–Kier alpha value is -2.83. The molecule has 1 spiro atoms. The van der Waals surface area contributed by atoms with Gasteiger partial charge in [-0.1, -0.05) is 50.2 Å². The summed E-state index contributed by atoms with van der Waals surface area (Å²) in [5, 5.41) is 23.2. The molecule has 2 aliphatic carbocycles. The molecule has 2 bridgehead atoms. The van der Waals surface area contributed by atoms with Gasteiger partial charge in [-0.15, -0.1) is 0 Å². The van der Waals surface area contributed by atoms with E-state index in [4.69, 9.17) is 4.74 Å². The average Bonchev–Trinajstić information content (AvgIpc) is 3.22. The van der Waals surface area contributed by atoms with Crippen molar-refractivity contribution >= 4 is 12.0 Å². The number of hydrogen-bond donors (Lipinski definition) is 2. The van der Waals surface area contributed by atoms with E-state index < -0.39 is 17.1 Å². The topological polar surface area (TPSA) is 73.2 Å². The molecule has 190 valence electrons. The Morgan fingerprint density at radius 1 is 1.22 bits per heavy atom. The molecule has 2 N–H and O–H groups in total. The van der Waals surface area contributed by atoms with Gasteiger partial charge in [0.05, 0.1) is 17.1 Å². The van der Waals surface area contributed by atoms with Gasteiger partial charge in [-0.05, 0) is 68.5 Å². The van der Waals surface area contributed by atoms with Crippen molar-refractivity contribution in [1.82, 2.24) is 9.80 Å². The van der Waals surface area contributed by atoms with E-state index in [0.29, 0.717) is 25.1 Å². The SMILES string of the molecule is CC(C)CN(C(=O)C=Cc1ccccc1)[C@@H]1CC[C@@]2(O)[C@H]3Cc4ccc(O)c5c4[C@@]2(CCN3C)[C@H]1O5. The lowest BCUT2D eigenvalue weighted by Crippen LogP contribution is -2.78. The molecule has 36 heavy (non-hydrogen) atoms. The number of nitrogens with zero attached hydrogens (tertiary/aromatic N) is 2. The zero-order chi connectivity index (χ0) is 25.2. The molecule has 6 rings (SSSR count). The number of aromatic hydroxyl groups is 1. The molecule has 2 aliphatic heterocycles. The molecule has 1 saturated heterocycles. The molecule has 2 heterocycles. The normalized spacial score (nSPS) is 32.4. The highest BCUT2D eigenvalue weighted by molar-refractivity contribution is 5.92. The maximum Gasteiger partial charge on any atom is 0.246 e. The number of aliphatic hydroxyl groups is 1. The van der Waals surface area contributed by atoms with Crippen molar-refractivity contribution in [3.8, 4) is 11.5 Å². The highest BCUT2D eigenvalue weighted by Crippen LogP contribution is 2.65. The molecule has 0 aromatic heterocycles. The number of carbonyl (C=O) groups excluding carboxylic acids is 1. The minimum absolute atomic E-state index is 0.00600. The number of phenolic OH excluding ortho intramolecular Hbond substituents is 1. The maximum atomic E-state index is 13.7. The van der Waals surface area contributed by atoms with Crippen LogP contribution in [0.3, 0.4) is 0 Å². The highest BCUT2D eigenvalue weighted by Gasteiger charge is 2.73. The Morgan fingerprint density at radius 2 is 2.00 bits per heavy atom. The first-order chi connectivity index (χ1) is 17.3. The summed E-state index contributed by atoms with van der Waals surface area (Å²) in [6, 6.07) is 13.4. The molecule has 2 aromatic carbocycles. The van der Waals surface area contributed by atoms with Crippen LogP contribution < -0.4 is 4.74 Å². The van der Waals surface area contributed by atoms with Crippen molar-refractivity contribution in [2.75, 3.05) is 20.1 Å². The number of ether oxygens (including phenoxy) is 1. The van der Waals surface area contributed by atoms with Gasteiger partial charge in [0, 0.05) is 24.2 Å². The van der Waals surface area contributed by atoms with E-state index in [-0.39, 0.29) is 29.7 Å². The van der Waals surface area contributed by atoms with Crippen LogP contribution in [-0.4, -0.2) is 69.8 Å². The molecule has 2 aromatic rings. The second kappa shape index (κ2) is 8.35. The lowest BCUT2D eigenvalue weighted by molar-refractivity contribution is -0.197. The molecule has 6 nitrogen and oxygen atoms in total. The Kier molecular flexibility index (Phi) is 5.47. The second-order valence-electron chi connectivity index (χ2n) is 11.6. The summed E-state index contributed by atoms with van der Waals surface area (Å²) >= 11 is 0. The van der Waals surface area contributed by atoms with Gasteiger partial charge in [-0.25, -0.2) is 0 Å². The first-order valence-corrected chi connectivity index (χ1v) is 13.2. The average molecular weight is 489 g/mol. The van der Waals surface area contributed by atoms with Crippen LogP contribution in [0.1, 0.15) is 49.8 Å². The minimum Gasteiger partial charge on any atom is -0.504 e. The second-order valence-corrected chi connectivity index (χ2v) is 11.6. The summed E-state index contributed by atoms with van der Waals surface area (Å²) < 4.78 is 6.65. The first-order valence-electron chi connectivity index (χ1n) is 13.2. The highest BCUT2D eigenvalue weighted by atomic mass is 16.5. The van der Waals surface area contributed by atoms with Crippen LogP contribution >= 0.6 is 0 Å². The third-order valence-electron chi connectivity index (χ3n) is 9.16. The summed E-state index contributed by atoms with van der Waals surface area (Å²) in [6.07, 6.45) is 5.88. The quantitative estimate of drug-likeness (QED) is 0.628. The Bertz CT molecular complexity index is 1210. The summed E-state index contributed by atoms with van der Waals surface area (Å²) in [4.78, 5) is 18.0. The van der Waals surface area contributed by atoms with Gasteiger partial charge in [0.2, 0.25) is 5.91 Å². The van der Waals surface area contributed by atoms with Crippen molar-refractivity contribution in [1.29, 1.82) is 0 Å². The van der Waals surface area contributed by atoms with Crippen molar-refractivity contribution in [2.24, 2.45) is 5.92 Å². The van der Waals surface area contributed by atoms with Crippen LogP contribution in [0.5, 0.6) is 11.5 Å². The fourth-order valence-corrected chi connectivity index (χ4v) is 7.66. The lowest BCUT2D eigenvalue weighted by Gasteiger charge is -2.64. The monoisotopic (exact) mass is 488 g/mol. The number of amides is 1. The molecular formula is C30H36N2O4. The third kappa shape index (κ3) is 3.20. The predicted octanol–water partition coefficient (Wildman–Crippen LogP) is 3.74. The van der Waals surface area contributed by atoms with E-state index in [1.165, 1.54) is 0 Å². The van der Waals surface area contributed by atoms with E-state index in [0.717, 1.165) is 36.1 Å². The van der Waals surface area contributed by atoms with Gasteiger partial charge in [0.1, 0.15) is 6.10 Å². The predicted molar refractivity (Wildman–Crippen MR) is 139 cm³/mol. The first kappa shape index (κ1) is 23.6. The summed E-state index contributed by atoms with van der Waals surface area (Å²) in [5.74, 6) is 0.884. The van der Waals surface area contributed by atoms with Gasteiger partial charge >= 0.3 is 0 Å². The van der Waals surface area contributed by atoms with Crippen molar-refractivity contribution in [2.45, 2.75) is 68.7 Å². The van der Waals surface area contributed by atoms with Crippen molar-refractivity contribution in [3.63, 3.8) is 0 Å². The smallest absolute Gasteiger partial charge is 0.246 e. The summed E-state index contributed by atoms with van der Waals surface area (Å²) in [6.45, 7) is 5.70. The number of piperidine rings is 1. The van der Waals surface area contributed by atoms with Crippen molar-refractivity contribution < 1.29 is 19.7 Å². The van der Waals surface area contributed by atoms with E-state index >= 15 is 0 Å². The van der Waals surface area contributed by atoms with E-state index in [1.54, 1.807) is 12.1 Å². The molecule has 0 unspecified atom stereocenters. The number of phenols is 1. The molecule has 1 amide bonds. The molecule has 0 radical (unpaired) electrons. The molecule has 5 atom stereocenters. The summed E-state index contributed by atoms with van der Waals surface area (Å²) in [5.41, 5.74) is 1.53. The Balaban J connectivity index is 1.43. The van der Waals surface area contributed by atoms with Crippen molar-refractivity contribution in [3.05, 3.63) is 65.2 Å². The summed E-state index contributed by atoms with van der Waals surface area (Å²) in [7, 11) is 2.10. The lowest BCUT2D eigenvalue weighted by atomic mass is 9.48. The van der Waals surface area contributed by atoms with Gasteiger partial charge in [-0.3, -0.25) is 4.79 Å². The molecular weight excluding hydrogens is 452 g/mol. The molecule has 1 saturated carbocycles. The van der Waals surface area contributed by atoms with Crippen LogP contribution in [-0.2, 0) is 16.6 Å². The minimum atomic E-state index is -0.959. The number of benzene rings is 2. The van der Waals surface area contributed by atoms with E-state index in [2.05, 4.69) is 25.8 Å². The number of carbonyl (C=O) groups is 1. The Labute approximate surface area is 213 Å². The van der Waals surface area contributed by atoms with Gasteiger partial charge in [0.15, 0.2) is 11.5 Å². The zero-order valence-electron chi connectivity index (χ0n) is 21.4. The number of hydrogen-bond acceptors (Lipinski definition) is 5. The van der Waals surface area contributed by atoms with E-state index in [9.17, 15) is 15.0 Å². The van der Waals surface area contributed by atoms with Gasteiger partial charge < -0.3 is 24.7 Å². The number of likely N-dealkylation sites (tertiary alicyclic amines) is 1.